The molecule has 0 saturated carbocycles. The first-order valence-electron chi connectivity index (χ1n) is 4.85. The van der Waals surface area contributed by atoms with Crippen LogP contribution in [0.25, 0.3) is 0 Å². The molecule has 1 heterocycles. The maximum Gasteiger partial charge on any atom is 0.338 e. The number of esters is 1. The molecule has 0 radical (unpaired) electrons. The Morgan fingerprint density at radius 1 is 1.60 bits per heavy atom. The van der Waals surface area contributed by atoms with Gasteiger partial charge in [0.2, 0.25) is 0 Å². The Morgan fingerprint density at radius 2 is 2.40 bits per heavy atom. The Hall–Kier alpha value is -0.870. The molecule has 4 heteroatoms. The number of fused-ring (bicyclic) bond motifs is 1. The number of likely N-dealkylation sites (N-methyl/N-ethyl adjacent to an activating group) is 1. The van der Waals surface area contributed by atoms with Crippen LogP contribution in [0.15, 0.2) is 22.7 Å². The predicted molar refractivity (Wildman–Crippen MR) is 61.0 cm³/mol. The van der Waals surface area contributed by atoms with Gasteiger partial charge < -0.3 is 10.1 Å². The smallest absolute Gasteiger partial charge is 0.338 e. The Balaban J connectivity index is 2.33. The van der Waals surface area contributed by atoms with E-state index in [1.54, 1.807) is 6.07 Å². The molecule has 1 atom stereocenters. The van der Waals surface area contributed by atoms with Crippen molar-refractivity contribution in [1.82, 2.24) is 5.32 Å². The number of hydrogen-bond acceptors (Lipinski definition) is 3. The molecule has 2 rings (SSSR count). The van der Waals surface area contributed by atoms with Crippen molar-refractivity contribution in [3.05, 3.63) is 33.8 Å². The van der Waals surface area contributed by atoms with Crippen molar-refractivity contribution in [3.8, 4) is 0 Å². The maximum atomic E-state index is 11.7. The van der Waals surface area contributed by atoms with Crippen molar-refractivity contribution >= 4 is 21.9 Å². The summed E-state index contributed by atoms with van der Waals surface area (Å²) in [6, 6.07) is 5.61. The van der Waals surface area contributed by atoms with Crippen LogP contribution in [-0.2, 0) is 11.2 Å². The van der Waals surface area contributed by atoms with E-state index in [2.05, 4.69) is 21.2 Å². The van der Waals surface area contributed by atoms with Crippen LogP contribution >= 0.6 is 15.9 Å². The van der Waals surface area contributed by atoms with Crippen LogP contribution in [0.3, 0.4) is 0 Å². The molecule has 0 aliphatic carbocycles. The number of halogens is 1. The van der Waals surface area contributed by atoms with E-state index in [1.165, 1.54) is 0 Å². The van der Waals surface area contributed by atoms with Gasteiger partial charge in [0.15, 0.2) is 0 Å². The molecule has 0 aromatic heterocycles. The van der Waals surface area contributed by atoms with Crippen LogP contribution in [0.4, 0.5) is 0 Å². The summed E-state index contributed by atoms with van der Waals surface area (Å²) in [7, 11) is 1.85. The number of rotatable bonds is 2. The molecule has 0 fully saturated rings. The van der Waals surface area contributed by atoms with Crippen molar-refractivity contribution in [3.63, 3.8) is 0 Å². The molecule has 0 bridgehead atoms. The molecule has 0 spiro atoms. The van der Waals surface area contributed by atoms with E-state index in [0.29, 0.717) is 12.1 Å². The lowest BCUT2D eigenvalue weighted by molar-refractivity contribution is 0.0263. The van der Waals surface area contributed by atoms with Crippen LogP contribution in [0, 0.1) is 0 Å². The van der Waals surface area contributed by atoms with E-state index in [-0.39, 0.29) is 12.1 Å². The maximum absolute atomic E-state index is 11.7. The number of cyclic esters (lactones) is 1. The normalized spacial score (nSPS) is 19.6. The third-order valence-corrected chi connectivity index (χ3v) is 3.22. The van der Waals surface area contributed by atoms with Gasteiger partial charge in [-0.1, -0.05) is 22.0 Å². The first-order valence-corrected chi connectivity index (χ1v) is 5.64. The van der Waals surface area contributed by atoms with Gasteiger partial charge in [0.1, 0.15) is 6.10 Å². The molecule has 1 aliphatic heterocycles. The van der Waals surface area contributed by atoms with Crippen molar-refractivity contribution in [1.29, 1.82) is 0 Å². The standard InChI is InChI=1S/C11H12BrNO2/c1-13-6-7-5-9-8(11(14)15-7)3-2-4-10(9)12/h2-4,7,13H,5-6H2,1H3. The monoisotopic (exact) mass is 269 g/mol. The van der Waals surface area contributed by atoms with E-state index < -0.39 is 0 Å². The summed E-state index contributed by atoms with van der Waals surface area (Å²) in [5.74, 6) is -0.224. The first-order chi connectivity index (χ1) is 7.22. The van der Waals surface area contributed by atoms with Crippen LogP contribution in [0.1, 0.15) is 15.9 Å². The SMILES string of the molecule is CNCC1Cc2c(Br)cccc2C(=O)O1. The van der Waals surface area contributed by atoms with Gasteiger partial charge in [0, 0.05) is 17.4 Å². The number of hydrogen-bond donors (Lipinski definition) is 1. The highest BCUT2D eigenvalue weighted by Crippen LogP contribution is 2.27. The summed E-state index contributed by atoms with van der Waals surface area (Å²) in [6.45, 7) is 0.687. The summed E-state index contributed by atoms with van der Waals surface area (Å²) in [6.07, 6.45) is 0.706. The van der Waals surface area contributed by atoms with Gasteiger partial charge in [-0.2, -0.15) is 0 Å². The molecule has 1 aromatic rings. The van der Waals surface area contributed by atoms with Gasteiger partial charge >= 0.3 is 5.97 Å². The number of benzene rings is 1. The lowest BCUT2D eigenvalue weighted by atomic mass is 9.99. The molecule has 80 valence electrons. The van der Waals surface area contributed by atoms with E-state index >= 15 is 0 Å². The summed E-state index contributed by atoms with van der Waals surface area (Å²) >= 11 is 3.46. The second kappa shape index (κ2) is 4.33. The Labute approximate surface area is 96.9 Å². The zero-order valence-electron chi connectivity index (χ0n) is 8.42. The molecule has 0 amide bonds. The predicted octanol–water partition coefficient (Wildman–Crippen LogP) is 1.75. The lowest BCUT2D eigenvalue weighted by Crippen LogP contribution is -2.35. The van der Waals surface area contributed by atoms with Crippen LogP contribution in [-0.4, -0.2) is 25.7 Å². The quantitative estimate of drug-likeness (QED) is 0.832. The Morgan fingerprint density at radius 3 is 3.13 bits per heavy atom. The third kappa shape index (κ3) is 2.06. The fraction of sp³-hybridized carbons (Fsp3) is 0.364. The van der Waals surface area contributed by atoms with Gasteiger partial charge in [0.25, 0.3) is 0 Å². The van der Waals surface area contributed by atoms with Gasteiger partial charge in [0.05, 0.1) is 5.56 Å². The summed E-state index contributed by atoms with van der Waals surface area (Å²) in [5.41, 5.74) is 1.73. The molecule has 3 nitrogen and oxygen atoms in total. The molecule has 0 saturated heterocycles. The lowest BCUT2D eigenvalue weighted by Gasteiger charge is -2.25. The second-order valence-electron chi connectivity index (χ2n) is 3.56. The number of carbonyl (C=O) groups is 1. The molecule has 1 N–H and O–H groups in total. The van der Waals surface area contributed by atoms with Crippen molar-refractivity contribution in [2.24, 2.45) is 0 Å². The van der Waals surface area contributed by atoms with Gasteiger partial charge in [-0.3, -0.25) is 0 Å². The molecule has 15 heavy (non-hydrogen) atoms. The summed E-state index contributed by atoms with van der Waals surface area (Å²) < 4.78 is 6.27. The number of nitrogens with one attached hydrogen (secondary N) is 1. The number of carbonyl (C=O) groups excluding carboxylic acids is 1. The fourth-order valence-electron chi connectivity index (χ4n) is 1.78. The number of ether oxygens (including phenoxy) is 1. The second-order valence-corrected chi connectivity index (χ2v) is 4.41. The summed E-state index contributed by atoms with van der Waals surface area (Å²) in [5, 5.41) is 3.02. The highest BCUT2D eigenvalue weighted by Gasteiger charge is 2.26. The van der Waals surface area contributed by atoms with Gasteiger partial charge in [-0.25, -0.2) is 4.79 Å². The minimum atomic E-state index is -0.224. The fourth-order valence-corrected chi connectivity index (χ4v) is 2.31. The minimum absolute atomic E-state index is 0.0614. The van der Waals surface area contributed by atoms with Gasteiger partial charge in [-0.15, -0.1) is 0 Å². The largest absolute Gasteiger partial charge is 0.457 e. The minimum Gasteiger partial charge on any atom is -0.457 e. The molecular weight excluding hydrogens is 258 g/mol. The van der Waals surface area contributed by atoms with Crippen molar-refractivity contribution in [2.45, 2.75) is 12.5 Å². The molecule has 1 aromatic carbocycles. The third-order valence-electron chi connectivity index (χ3n) is 2.48. The van der Waals surface area contributed by atoms with Gasteiger partial charge in [-0.05, 0) is 24.7 Å². The summed E-state index contributed by atoms with van der Waals surface area (Å²) in [4.78, 5) is 11.7. The average molecular weight is 270 g/mol. The Kier molecular flexibility index (Phi) is 3.07. The van der Waals surface area contributed by atoms with Crippen LogP contribution < -0.4 is 5.32 Å². The average Bonchev–Trinajstić information content (AvgIpc) is 2.20. The Bertz CT molecular complexity index is 392. The van der Waals surface area contributed by atoms with E-state index in [9.17, 15) is 4.79 Å². The highest BCUT2D eigenvalue weighted by atomic mass is 79.9. The van der Waals surface area contributed by atoms with Crippen LogP contribution in [0.2, 0.25) is 0 Å². The first kappa shape index (κ1) is 10.6. The highest BCUT2D eigenvalue weighted by molar-refractivity contribution is 9.10. The molecule has 1 unspecified atom stereocenters. The van der Waals surface area contributed by atoms with Crippen molar-refractivity contribution in [2.75, 3.05) is 13.6 Å². The molecule has 1 aliphatic rings. The molecular formula is C11H12BrNO2. The van der Waals surface area contributed by atoms with E-state index in [0.717, 1.165) is 16.5 Å². The van der Waals surface area contributed by atoms with Crippen LogP contribution in [0.5, 0.6) is 0 Å². The zero-order valence-corrected chi connectivity index (χ0v) is 10.0. The van der Waals surface area contributed by atoms with E-state index in [4.69, 9.17) is 4.74 Å². The topological polar surface area (TPSA) is 38.3 Å². The van der Waals surface area contributed by atoms with Crippen molar-refractivity contribution < 1.29 is 9.53 Å². The van der Waals surface area contributed by atoms with E-state index in [1.807, 2.05) is 19.2 Å². The zero-order chi connectivity index (χ0) is 10.8.